The Morgan fingerprint density at radius 2 is 2.07 bits per heavy atom. The van der Waals surface area contributed by atoms with Gasteiger partial charge in [0.25, 0.3) is 0 Å². The summed E-state index contributed by atoms with van der Waals surface area (Å²) in [5, 5.41) is 10.3. The molecule has 14 heavy (non-hydrogen) atoms. The summed E-state index contributed by atoms with van der Waals surface area (Å²) < 4.78 is 1.83. The summed E-state index contributed by atoms with van der Waals surface area (Å²) in [6, 6.07) is 5.13. The molecule has 0 aliphatic carbocycles. The summed E-state index contributed by atoms with van der Waals surface area (Å²) in [5.41, 5.74) is 2.58. The molecule has 0 aliphatic heterocycles. The minimum atomic E-state index is 0.234. The minimum Gasteiger partial charge on any atom is -0.508 e. The number of nitrogens with zero attached hydrogens (tertiary/aromatic N) is 1. The molecule has 0 amide bonds. The third-order valence-electron chi connectivity index (χ3n) is 2.46. The van der Waals surface area contributed by atoms with Gasteiger partial charge in [0.05, 0.1) is 11.2 Å². The molecule has 3 heteroatoms. The fourth-order valence-electron chi connectivity index (χ4n) is 1.85. The van der Waals surface area contributed by atoms with E-state index in [2.05, 4.69) is 0 Å². The van der Waals surface area contributed by atoms with Crippen molar-refractivity contribution in [3.05, 3.63) is 29.5 Å². The maximum atomic E-state index is 10.7. The van der Waals surface area contributed by atoms with E-state index in [0.29, 0.717) is 5.69 Å². The van der Waals surface area contributed by atoms with Crippen molar-refractivity contribution in [2.75, 3.05) is 0 Å². The van der Waals surface area contributed by atoms with Crippen molar-refractivity contribution in [3.63, 3.8) is 0 Å². The second-order valence-electron chi connectivity index (χ2n) is 3.45. The van der Waals surface area contributed by atoms with Crippen molar-refractivity contribution in [2.24, 2.45) is 7.05 Å². The summed E-state index contributed by atoms with van der Waals surface area (Å²) >= 11 is 0. The van der Waals surface area contributed by atoms with Crippen LogP contribution in [-0.2, 0) is 7.05 Å². The van der Waals surface area contributed by atoms with E-state index in [4.69, 9.17) is 0 Å². The van der Waals surface area contributed by atoms with Gasteiger partial charge in [0, 0.05) is 12.4 Å². The zero-order chi connectivity index (χ0) is 10.3. The van der Waals surface area contributed by atoms with E-state index >= 15 is 0 Å². The molecule has 0 saturated heterocycles. The lowest BCUT2D eigenvalue weighted by molar-refractivity contribution is 0.111. The highest BCUT2D eigenvalue weighted by molar-refractivity contribution is 5.91. The topological polar surface area (TPSA) is 42.2 Å². The summed E-state index contributed by atoms with van der Waals surface area (Å²) in [6.45, 7) is 1.91. The molecule has 0 saturated carbocycles. The standard InChI is InChI=1S/C11H11NO2/c1-7-3-10(14)5-8-4-9(6-13)12(2)11(7)8/h3-6,14H,1-2H3. The Kier molecular flexibility index (Phi) is 1.81. The highest BCUT2D eigenvalue weighted by Crippen LogP contribution is 2.26. The molecule has 0 aliphatic rings. The first kappa shape index (κ1) is 8.81. The molecule has 0 radical (unpaired) electrons. The van der Waals surface area contributed by atoms with Crippen LogP contribution < -0.4 is 0 Å². The summed E-state index contributed by atoms with van der Waals surface area (Å²) in [4.78, 5) is 10.7. The van der Waals surface area contributed by atoms with E-state index in [9.17, 15) is 9.90 Å². The van der Waals surface area contributed by atoms with E-state index in [1.165, 1.54) is 0 Å². The fraction of sp³-hybridized carbons (Fsp3) is 0.182. The Bertz CT molecular complexity index is 511. The molecule has 3 nitrogen and oxygen atoms in total. The summed E-state index contributed by atoms with van der Waals surface area (Å²) in [7, 11) is 1.84. The molecule has 1 N–H and O–H groups in total. The Balaban J connectivity index is 2.92. The van der Waals surface area contributed by atoms with Crippen LogP contribution in [0.15, 0.2) is 18.2 Å². The van der Waals surface area contributed by atoms with E-state index in [0.717, 1.165) is 22.8 Å². The molecular weight excluding hydrogens is 178 g/mol. The van der Waals surface area contributed by atoms with Gasteiger partial charge in [-0.1, -0.05) is 0 Å². The lowest BCUT2D eigenvalue weighted by atomic mass is 10.1. The van der Waals surface area contributed by atoms with Crippen molar-refractivity contribution < 1.29 is 9.90 Å². The monoisotopic (exact) mass is 189 g/mol. The van der Waals surface area contributed by atoms with Crippen molar-refractivity contribution >= 4 is 17.2 Å². The second-order valence-corrected chi connectivity index (χ2v) is 3.45. The average Bonchev–Trinajstić information content (AvgIpc) is 2.42. The van der Waals surface area contributed by atoms with Crippen LogP contribution in [0.3, 0.4) is 0 Å². The van der Waals surface area contributed by atoms with Gasteiger partial charge < -0.3 is 9.67 Å². The van der Waals surface area contributed by atoms with E-state index in [1.54, 1.807) is 18.2 Å². The fourth-order valence-corrected chi connectivity index (χ4v) is 1.85. The van der Waals surface area contributed by atoms with Crippen LogP contribution in [0.25, 0.3) is 10.9 Å². The highest BCUT2D eigenvalue weighted by Gasteiger charge is 2.08. The van der Waals surface area contributed by atoms with Gasteiger partial charge in [0.15, 0.2) is 6.29 Å². The van der Waals surface area contributed by atoms with E-state index < -0.39 is 0 Å². The number of hydrogen-bond donors (Lipinski definition) is 1. The third kappa shape index (κ3) is 1.09. The van der Waals surface area contributed by atoms with Gasteiger partial charge in [-0.3, -0.25) is 4.79 Å². The number of phenols is 1. The first-order valence-electron chi connectivity index (χ1n) is 4.37. The number of hydrogen-bond acceptors (Lipinski definition) is 2. The Hall–Kier alpha value is -1.77. The molecule has 0 bridgehead atoms. The highest BCUT2D eigenvalue weighted by atomic mass is 16.3. The van der Waals surface area contributed by atoms with E-state index in [1.807, 2.05) is 18.5 Å². The van der Waals surface area contributed by atoms with Gasteiger partial charge in [-0.2, -0.15) is 0 Å². The zero-order valence-corrected chi connectivity index (χ0v) is 8.11. The molecule has 1 aromatic heterocycles. The molecule has 0 atom stereocenters. The maximum absolute atomic E-state index is 10.7. The Labute approximate surface area is 81.6 Å². The summed E-state index contributed by atoms with van der Waals surface area (Å²) in [6.07, 6.45) is 0.816. The molecule has 0 unspecified atom stereocenters. The van der Waals surface area contributed by atoms with Crippen LogP contribution in [0.4, 0.5) is 0 Å². The first-order chi connectivity index (χ1) is 6.63. The lowest BCUT2D eigenvalue weighted by Gasteiger charge is -2.02. The van der Waals surface area contributed by atoms with Crippen molar-refractivity contribution in [1.29, 1.82) is 0 Å². The number of benzene rings is 1. The maximum Gasteiger partial charge on any atom is 0.166 e. The molecule has 0 fully saturated rings. The quantitative estimate of drug-likeness (QED) is 0.697. The number of aryl methyl sites for hydroxylation is 2. The zero-order valence-electron chi connectivity index (χ0n) is 8.11. The third-order valence-corrected chi connectivity index (χ3v) is 2.46. The van der Waals surface area contributed by atoms with Crippen molar-refractivity contribution in [3.8, 4) is 5.75 Å². The van der Waals surface area contributed by atoms with Gasteiger partial charge in [0.2, 0.25) is 0 Å². The molecule has 1 heterocycles. The van der Waals surface area contributed by atoms with Crippen LogP contribution in [0, 0.1) is 6.92 Å². The van der Waals surface area contributed by atoms with Gasteiger partial charge in [-0.25, -0.2) is 0 Å². The minimum absolute atomic E-state index is 0.234. The molecule has 0 spiro atoms. The van der Waals surface area contributed by atoms with Gasteiger partial charge in [0.1, 0.15) is 5.75 Å². The van der Waals surface area contributed by atoms with Crippen molar-refractivity contribution in [1.82, 2.24) is 4.57 Å². The lowest BCUT2D eigenvalue weighted by Crippen LogP contribution is -1.94. The largest absolute Gasteiger partial charge is 0.508 e. The number of aldehydes is 1. The van der Waals surface area contributed by atoms with Crippen LogP contribution in [0.5, 0.6) is 5.75 Å². The number of aromatic hydroxyl groups is 1. The molecule has 1 aromatic carbocycles. The van der Waals surface area contributed by atoms with Crippen LogP contribution in [0.2, 0.25) is 0 Å². The second kappa shape index (κ2) is 2.87. The molecular formula is C11H11NO2. The number of carbonyl (C=O) groups excluding carboxylic acids is 1. The number of aromatic nitrogens is 1. The predicted octanol–water partition coefficient (Wildman–Crippen LogP) is 2.00. The SMILES string of the molecule is Cc1cc(O)cc2cc(C=O)n(C)c12. The number of phenolic OH excluding ortho intramolecular Hbond substituents is 1. The predicted molar refractivity (Wildman–Crippen MR) is 54.7 cm³/mol. The number of fused-ring (bicyclic) bond motifs is 1. The van der Waals surface area contributed by atoms with Gasteiger partial charge in [-0.15, -0.1) is 0 Å². The molecule has 2 aromatic rings. The smallest absolute Gasteiger partial charge is 0.166 e. The Morgan fingerprint density at radius 1 is 1.36 bits per heavy atom. The van der Waals surface area contributed by atoms with Crippen LogP contribution >= 0.6 is 0 Å². The Morgan fingerprint density at radius 3 is 2.71 bits per heavy atom. The number of carbonyl (C=O) groups is 1. The summed E-state index contributed by atoms with van der Waals surface area (Å²) in [5.74, 6) is 0.234. The van der Waals surface area contributed by atoms with E-state index in [-0.39, 0.29) is 5.75 Å². The molecule has 72 valence electrons. The van der Waals surface area contributed by atoms with Crippen LogP contribution in [0.1, 0.15) is 16.1 Å². The van der Waals surface area contributed by atoms with Crippen LogP contribution in [-0.4, -0.2) is 16.0 Å². The normalized spacial score (nSPS) is 10.7. The first-order valence-corrected chi connectivity index (χ1v) is 4.37. The van der Waals surface area contributed by atoms with Crippen molar-refractivity contribution in [2.45, 2.75) is 6.92 Å². The average molecular weight is 189 g/mol. The number of rotatable bonds is 1. The molecule has 2 rings (SSSR count). The van der Waals surface area contributed by atoms with Gasteiger partial charge >= 0.3 is 0 Å². The van der Waals surface area contributed by atoms with Gasteiger partial charge in [-0.05, 0) is 30.7 Å².